The van der Waals surface area contributed by atoms with Crippen LogP contribution in [0.25, 0.3) is 5.69 Å². The average Bonchev–Trinajstić information content (AvgIpc) is 3.33. The molecule has 1 aliphatic rings. The van der Waals surface area contributed by atoms with Gasteiger partial charge in [0, 0.05) is 23.1 Å². The zero-order valence-electron chi connectivity index (χ0n) is 17.2. The zero-order chi connectivity index (χ0) is 21.8. The number of tetrazole rings is 1. The summed E-state index contributed by atoms with van der Waals surface area (Å²) in [5.74, 6) is 0.389. The largest absolute Gasteiger partial charge is 0.494 e. The first-order chi connectivity index (χ1) is 15.0. The molecule has 0 unspecified atom stereocenters. The maximum absolute atomic E-state index is 13.8. The van der Waals surface area contributed by atoms with Gasteiger partial charge in [0.05, 0.1) is 12.0 Å². The summed E-state index contributed by atoms with van der Waals surface area (Å²) in [4.78, 5) is 0.198. The molecule has 31 heavy (non-hydrogen) atoms. The lowest BCUT2D eigenvalue weighted by Crippen LogP contribution is -2.40. The smallest absolute Gasteiger partial charge is 0.243 e. The predicted molar refractivity (Wildman–Crippen MR) is 119 cm³/mol. The Labute approximate surface area is 190 Å². The number of hydrogen-bond acceptors (Lipinski definition) is 6. The Bertz CT molecular complexity index is 1110. The summed E-state index contributed by atoms with van der Waals surface area (Å²) in [5.41, 5.74) is 1.53. The van der Waals surface area contributed by atoms with Crippen molar-refractivity contribution in [1.29, 1.82) is 0 Å². The van der Waals surface area contributed by atoms with Gasteiger partial charge in [0.25, 0.3) is 0 Å². The zero-order valence-corrected chi connectivity index (χ0v) is 19.6. The van der Waals surface area contributed by atoms with Crippen LogP contribution in [0, 0.1) is 0 Å². The van der Waals surface area contributed by atoms with Gasteiger partial charge in [0.15, 0.2) is 0 Å². The van der Waals surface area contributed by atoms with Crippen molar-refractivity contribution in [1.82, 2.24) is 24.5 Å². The highest BCUT2D eigenvalue weighted by Gasteiger charge is 2.33. The van der Waals surface area contributed by atoms with Crippen LogP contribution in [0.5, 0.6) is 5.75 Å². The number of rotatable bonds is 7. The molecule has 0 radical (unpaired) electrons. The van der Waals surface area contributed by atoms with Crippen LogP contribution in [0.4, 0.5) is 0 Å². The van der Waals surface area contributed by atoms with E-state index in [4.69, 9.17) is 4.74 Å². The van der Waals surface area contributed by atoms with Gasteiger partial charge in [-0.3, -0.25) is 0 Å². The van der Waals surface area contributed by atoms with Gasteiger partial charge in [-0.25, -0.2) is 8.42 Å². The molecular formula is C21H24BrN5O3S. The van der Waals surface area contributed by atoms with E-state index in [0.29, 0.717) is 18.0 Å². The van der Waals surface area contributed by atoms with Crippen LogP contribution in [-0.4, -0.2) is 46.1 Å². The van der Waals surface area contributed by atoms with E-state index in [0.717, 1.165) is 42.1 Å². The molecule has 0 amide bonds. The molecule has 164 valence electrons. The van der Waals surface area contributed by atoms with Crippen molar-refractivity contribution < 1.29 is 13.2 Å². The second-order valence-corrected chi connectivity index (χ2v) is 10.4. The number of nitrogens with zero attached hydrogens (tertiary/aromatic N) is 5. The number of aromatic nitrogens is 4. The van der Waals surface area contributed by atoms with Crippen molar-refractivity contribution in [2.24, 2.45) is 0 Å². The summed E-state index contributed by atoms with van der Waals surface area (Å²) in [6.07, 6.45) is 6.41. The molecule has 0 atom stereocenters. The summed E-state index contributed by atoms with van der Waals surface area (Å²) in [6, 6.07) is 12.6. The number of sulfonamides is 1. The Morgan fingerprint density at radius 1 is 1.13 bits per heavy atom. The van der Waals surface area contributed by atoms with Gasteiger partial charge >= 0.3 is 0 Å². The first-order valence-electron chi connectivity index (χ1n) is 10.2. The summed E-state index contributed by atoms with van der Waals surface area (Å²) in [6.45, 7) is 0.331. The fraction of sp³-hybridized carbons (Fsp3) is 0.381. The molecule has 0 spiro atoms. The van der Waals surface area contributed by atoms with E-state index in [2.05, 4.69) is 31.5 Å². The molecule has 1 heterocycles. The van der Waals surface area contributed by atoms with E-state index in [1.807, 2.05) is 24.3 Å². The summed E-state index contributed by atoms with van der Waals surface area (Å²) in [7, 11) is -2.25. The first-order valence-corrected chi connectivity index (χ1v) is 12.4. The third-order valence-corrected chi connectivity index (χ3v) is 8.01. The van der Waals surface area contributed by atoms with E-state index in [1.54, 1.807) is 22.5 Å². The van der Waals surface area contributed by atoms with Crippen LogP contribution in [0.2, 0.25) is 0 Å². The molecule has 0 bridgehead atoms. The molecule has 8 nitrogen and oxygen atoms in total. The molecule has 1 saturated carbocycles. The van der Waals surface area contributed by atoms with Crippen LogP contribution >= 0.6 is 15.9 Å². The molecule has 0 N–H and O–H groups in total. The molecule has 1 fully saturated rings. The lowest BCUT2D eigenvalue weighted by Gasteiger charge is -2.33. The van der Waals surface area contributed by atoms with Crippen LogP contribution in [0.1, 0.15) is 37.7 Å². The molecule has 3 aromatic rings. The second kappa shape index (κ2) is 9.46. The van der Waals surface area contributed by atoms with Crippen molar-refractivity contribution in [3.8, 4) is 11.4 Å². The van der Waals surface area contributed by atoms with Crippen molar-refractivity contribution in [2.45, 2.75) is 49.6 Å². The average molecular weight is 506 g/mol. The fourth-order valence-electron chi connectivity index (χ4n) is 3.96. The topological polar surface area (TPSA) is 90.2 Å². The van der Waals surface area contributed by atoms with Gasteiger partial charge in [0.1, 0.15) is 17.8 Å². The standard InChI is InChI=1S/C21H24BrN5O3S/c1-30-21-13-19(11-12-20(21)26-15-23-24-25-26)31(28,29)27(18-5-3-2-4-6-18)14-16-7-9-17(22)10-8-16/h7-13,15,18H,2-6,14H2,1H3. The molecule has 2 aromatic carbocycles. The first kappa shape index (κ1) is 21.9. The van der Waals surface area contributed by atoms with Crippen LogP contribution in [-0.2, 0) is 16.6 Å². The highest BCUT2D eigenvalue weighted by atomic mass is 79.9. The summed E-state index contributed by atoms with van der Waals surface area (Å²) in [5, 5.41) is 11.1. The fourth-order valence-corrected chi connectivity index (χ4v) is 5.92. The molecule has 0 aliphatic heterocycles. The molecular weight excluding hydrogens is 482 g/mol. The molecule has 4 rings (SSSR count). The van der Waals surface area contributed by atoms with Gasteiger partial charge < -0.3 is 4.74 Å². The number of hydrogen-bond donors (Lipinski definition) is 0. The van der Waals surface area contributed by atoms with Crippen molar-refractivity contribution in [2.75, 3.05) is 7.11 Å². The third kappa shape index (κ3) is 4.81. The molecule has 0 saturated heterocycles. The molecule has 1 aliphatic carbocycles. The quantitative estimate of drug-likeness (QED) is 0.482. The Morgan fingerprint density at radius 3 is 2.52 bits per heavy atom. The number of benzene rings is 2. The molecule has 1 aromatic heterocycles. The Hall–Kier alpha value is -2.30. The number of ether oxygens (including phenoxy) is 1. The minimum atomic E-state index is -3.75. The minimum absolute atomic E-state index is 0.0208. The van der Waals surface area contributed by atoms with Gasteiger partial charge in [-0.1, -0.05) is 47.3 Å². The van der Waals surface area contributed by atoms with Crippen LogP contribution in [0.15, 0.2) is 58.2 Å². The second-order valence-electron chi connectivity index (χ2n) is 7.56. The lowest BCUT2D eigenvalue weighted by molar-refractivity contribution is 0.247. The van der Waals surface area contributed by atoms with E-state index in [1.165, 1.54) is 18.1 Å². The van der Waals surface area contributed by atoms with E-state index in [9.17, 15) is 8.42 Å². The van der Waals surface area contributed by atoms with Crippen molar-refractivity contribution in [3.05, 3.63) is 58.8 Å². The van der Waals surface area contributed by atoms with Gasteiger partial charge in [0.2, 0.25) is 10.0 Å². The Kier molecular flexibility index (Phi) is 6.68. The van der Waals surface area contributed by atoms with Gasteiger partial charge in [-0.15, -0.1) is 5.10 Å². The van der Waals surface area contributed by atoms with Gasteiger partial charge in [-0.2, -0.15) is 8.99 Å². The molecule has 10 heteroatoms. The van der Waals surface area contributed by atoms with Crippen LogP contribution in [0.3, 0.4) is 0 Å². The SMILES string of the molecule is COc1cc(S(=O)(=O)N(Cc2ccc(Br)cc2)C2CCCCC2)ccc1-n1cnnn1. The van der Waals surface area contributed by atoms with Crippen LogP contribution < -0.4 is 4.74 Å². The summed E-state index contributed by atoms with van der Waals surface area (Å²) >= 11 is 3.44. The van der Waals surface area contributed by atoms with Crippen molar-refractivity contribution >= 4 is 26.0 Å². The Balaban J connectivity index is 1.71. The number of halogens is 1. The van der Waals surface area contributed by atoms with Crippen molar-refractivity contribution in [3.63, 3.8) is 0 Å². The number of methoxy groups -OCH3 is 1. The minimum Gasteiger partial charge on any atom is -0.494 e. The van der Waals surface area contributed by atoms with E-state index >= 15 is 0 Å². The Morgan fingerprint density at radius 2 is 1.87 bits per heavy atom. The predicted octanol–water partition coefficient (Wildman–Crippen LogP) is 3.96. The lowest BCUT2D eigenvalue weighted by atomic mass is 9.95. The monoisotopic (exact) mass is 505 g/mol. The van der Waals surface area contributed by atoms with E-state index in [-0.39, 0.29) is 10.9 Å². The highest BCUT2D eigenvalue weighted by molar-refractivity contribution is 9.10. The normalized spacial score (nSPS) is 15.3. The maximum atomic E-state index is 13.8. The third-order valence-electron chi connectivity index (χ3n) is 5.59. The highest BCUT2D eigenvalue weighted by Crippen LogP contribution is 2.32. The maximum Gasteiger partial charge on any atom is 0.243 e. The van der Waals surface area contributed by atoms with Gasteiger partial charge in [-0.05, 0) is 53.1 Å². The summed E-state index contributed by atoms with van der Waals surface area (Å²) < 4.78 is 37.1. The van der Waals surface area contributed by atoms with E-state index < -0.39 is 10.0 Å².